The summed E-state index contributed by atoms with van der Waals surface area (Å²) in [4.78, 5) is 14.7. The molecule has 1 fully saturated rings. The highest BCUT2D eigenvalue weighted by atomic mass is 19.1. The predicted molar refractivity (Wildman–Crippen MR) is 101 cm³/mol. The van der Waals surface area contributed by atoms with Gasteiger partial charge >= 0.3 is 0 Å². The van der Waals surface area contributed by atoms with E-state index in [-0.39, 0.29) is 24.3 Å². The number of carbonyl (C=O) groups is 1. The molecule has 0 unspecified atom stereocenters. The second kappa shape index (κ2) is 9.48. The fraction of sp³-hybridized carbons (Fsp3) is 0.381. The fourth-order valence-corrected chi connectivity index (χ4v) is 3.02. The second-order valence-electron chi connectivity index (χ2n) is 6.66. The highest BCUT2D eigenvalue weighted by molar-refractivity contribution is 5.78. The number of hydrogen-bond acceptors (Lipinski definition) is 4. The lowest BCUT2D eigenvalue weighted by atomic mass is 10.0. The third kappa shape index (κ3) is 5.77. The Labute approximate surface area is 159 Å². The maximum absolute atomic E-state index is 13.6. The molecule has 0 aromatic heterocycles. The Hall–Kier alpha value is -2.44. The molecule has 2 aromatic rings. The van der Waals surface area contributed by atoms with Gasteiger partial charge in [-0.15, -0.1) is 0 Å². The molecule has 6 heteroatoms. The van der Waals surface area contributed by atoms with Gasteiger partial charge in [-0.25, -0.2) is 4.39 Å². The molecule has 3 rings (SSSR count). The number of ether oxygens (including phenoxy) is 2. The first-order valence-corrected chi connectivity index (χ1v) is 9.15. The SMILES string of the molecule is Cc1ccc([C@@H](CN2CCOCC2)NC(=O)COc2ccccc2F)cc1. The minimum Gasteiger partial charge on any atom is -0.481 e. The molecular formula is C21H25FN2O3. The van der Waals surface area contributed by atoms with E-state index in [2.05, 4.69) is 10.2 Å². The van der Waals surface area contributed by atoms with E-state index in [9.17, 15) is 9.18 Å². The minimum absolute atomic E-state index is 0.0766. The third-order valence-electron chi connectivity index (χ3n) is 4.55. The van der Waals surface area contributed by atoms with Gasteiger partial charge in [0, 0.05) is 19.6 Å². The van der Waals surface area contributed by atoms with Crippen molar-refractivity contribution in [2.75, 3.05) is 39.5 Å². The number of nitrogens with zero attached hydrogens (tertiary/aromatic N) is 1. The molecule has 27 heavy (non-hydrogen) atoms. The van der Waals surface area contributed by atoms with Crippen LogP contribution in [0.1, 0.15) is 17.2 Å². The molecule has 2 aromatic carbocycles. The molecule has 0 aliphatic carbocycles. The summed E-state index contributed by atoms with van der Waals surface area (Å²) in [5, 5.41) is 3.02. The molecule has 1 aliphatic heterocycles. The smallest absolute Gasteiger partial charge is 0.258 e. The molecule has 1 amide bonds. The molecule has 1 aliphatic rings. The normalized spacial score (nSPS) is 15.9. The lowest BCUT2D eigenvalue weighted by Gasteiger charge is -2.31. The van der Waals surface area contributed by atoms with Gasteiger partial charge in [-0.2, -0.15) is 0 Å². The number of para-hydroxylation sites is 1. The first kappa shape index (κ1) is 19.3. The van der Waals surface area contributed by atoms with E-state index in [1.54, 1.807) is 12.1 Å². The zero-order valence-electron chi connectivity index (χ0n) is 15.5. The van der Waals surface area contributed by atoms with Crippen LogP contribution in [0.2, 0.25) is 0 Å². The van der Waals surface area contributed by atoms with Gasteiger partial charge in [-0.05, 0) is 24.6 Å². The molecule has 1 atom stereocenters. The molecule has 0 bridgehead atoms. The third-order valence-corrected chi connectivity index (χ3v) is 4.55. The van der Waals surface area contributed by atoms with Crippen LogP contribution in [0.5, 0.6) is 5.75 Å². The average Bonchev–Trinajstić information content (AvgIpc) is 2.68. The highest BCUT2D eigenvalue weighted by Gasteiger charge is 2.20. The molecule has 0 radical (unpaired) electrons. The topological polar surface area (TPSA) is 50.8 Å². The Morgan fingerprint density at radius 3 is 2.59 bits per heavy atom. The van der Waals surface area contributed by atoms with Crippen LogP contribution in [0.25, 0.3) is 0 Å². The van der Waals surface area contributed by atoms with E-state index in [4.69, 9.17) is 9.47 Å². The van der Waals surface area contributed by atoms with Gasteiger partial charge in [0.05, 0.1) is 19.3 Å². The van der Waals surface area contributed by atoms with E-state index in [1.807, 2.05) is 31.2 Å². The van der Waals surface area contributed by atoms with Crippen molar-refractivity contribution in [3.8, 4) is 5.75 Å². The summed E-state index contributed by atoms with van der Waals surface area (Å²) in [7, 11) is 0. The van der Waals surface area contributed by atoms with Crippen molar-refractivity contribution in [2.45, 2.75) is 13.0 Å². The van der Waals surface area contributed by atoms with Gasteiger partial charge in [-0.1, -0.05) is 42.0 Å². The van der Waals surface area contributed by atoms with Crippen LogP contribution in [-0.4, -0.2) is 50.3 Å². The quantitative estimate of drug-likeness (QED) is 0.812. The number of nitrogens with one attached hydrogen (secondary N) is 1. The van der Waals surface area contributed by atoms with Crippen molar-refractivity contribution in [2.24, 2.45) is 0 Å². The van der Waals surface area contributed by atoms with Crippen molar-refractivity contribution in [1.29, 1.82) is 0 Å². The summed E-state index contributed by atoms with van der Waals surface area (Å²) in [6.45, 7) is 5.57. The number of carbonyl (C=O) groups excluding carboxylic acids is 1. The number of rotatable bonds is 7. The van der Waals surface area contributed by atoms with E-state index in [1.165, 1.54) is 12.1 Å². The number of morpholine rings is 1. The van der Waals surface area contributed by atoms with Gasteiger partial charge in [0.1, 0.15) is 0 Å². The van der Waals surface area contributed by atoms with Crippen LogP contribution in [0.4, 0.5) is 4.39 Å². The van der Waals surface area contributed by atoms with Gasteiger partial charge < -0.3 is 14.8 Å². The Morgan fingerprint density at radius 2 is 1.89 bits per heavy atom. The Kier molecular flexibility index (Phi) is 6.79. The number of benzene rings is 2. The maximum Gasteiger partial charge on any atom is 0.258 e. The van der Waals surface area contributed by atoms with Crippen molar-refractivity contribution < 1.29 is 18.7 Å². The van der Waals surface area contributed by atoms with Crippen LogP contribution < -0.4 is 10.1 Å². The summed E-state index contributed by atoms with van der Waals surface area (Å²) < 4.78 is 24.4. The number of amides is 1. The van der Waals surface area contributed by atoms with E-state index in [0.29, 0.717) is 19.8 Å². The largest absolute Gasteiger partial charge is 0.481 e. The van der Waals surface area contributed by atoms with Gasteiger partial charge in [0.2, 0.25) is 0 Å². The summed E-state index contributed by atoms with van der Waals surface area (Å²) >= 11 is 0. The van der Waals surface area contributed by atoms with Crippen molar-refractivity contribution in [3.05, 3.63) is 65.5 Å². The van der Waals surface area contributed by atoms with E-state index < -0.39 is 5.82 Å². The first-order chi connectivity index (χ1) is 13.1. The Morgan fingerprint density at radius 1 is 1.19 bits per heavy atom. The highest BCUT2D eigenvalue weighted by Crippen LogP contribution is 2.18. The molecular weight excluding hydrogens is 347 g/mol. The predicted octanol–water partition coefficient (Wildman–Crippen LogP) is 2.70. The summed E-state index contributed by atoms with van der Waals surface area (Å²) in [5.74, 6) is -0.682. The van der Waals surface area contributed by atoms with Gasteiger partial charge in [-0.3, -0.25) is 9.69 Å². The number of hydrogen-bond donors (Lipinski definition) is 1. The van der Waals surface area contributed by atoms with E-state index >= 15 is 0 Å². The van der Waals surface area contributed by atoms with Crippen molar-refractivity contribution in [3.63, 3.8) is 0 Å². The lowest BCUT2D eigenvalue weighted by Crippen LogP contribution is -2.44. The fourth-order valence-electron chi connectivity index (χ4n) is 3.02. The summed E-state index contributed by atoms with van der Waals surface area (Å²) in [6, 6.07) is 14.0. The summed E-state index contributed by atoms with van der Waals surface area (Å²) in [6.07, 6.45) is 0. The first-order valence-electron chi connectivity index (χ1n) is 9.15. The lowest BCUT2D eigenvalue weighted by molar-refractivity contribution is -0.124. The summed E-state index contributed by atoms with van der Waals surface area (Å²) in [5.41, 5.74) is 2.20. The Balaban J connectivity index is 1.63. The van der Waals surface area contributed by atoms with Crippen molar-refractivity contribution in [1.82, 2.24) is 10.2 Å². The minimum atomic E-state index is -0.478. The molecule has 0 spiro atoms. The molecule has 1 N–H and O–H groups in total. The van der Waals surface area contributed by atoms with Gasteiger partial charge in [0.15, 0.2) is 18.2 Å². The molecule has 5 nitrogen and oxygen atoms in total. The van der Waals surface area contributed by atoms with Crippen LogP contribution in [0, 0.1) is 12.7 Å². The number of aryl methyl sites for hydroxylation is 1. The zero-order chi connectivity index (χ0) is 19.1. The molecule has 144 valence electrons. The van der Waals surface area contributed by atoms with Crippen LogP contribution >= 0.6 is 0 Å². The molecule has 1 heterocycles. The van der Waals surface area contributed by atoms with Gasteiger partial charge in [0.25, 0.3) is 5.91 Å². The van der Waals surface area contributed by atoms with Crippen molar-refractivity contribution >= 4 is 5.91 Å². The Bertz CT molecular complexity index is 745. The molecule has 1 saturated heterocycles. The zero-order valence-corrected chi connectivity index (χ0v) is 15.5. The number of halogens is 1. The second-order valence-corrected chi connectivity index (χ2v) is 6.66. The monoisotopic (exact) mass is 372 g/mol. The average molecular weight is 372 g/mol. The van der Waals surface area contributed by atoms with Crippen LogP contribution in [0.3, 0.4) is 0 Å². The van der Waals surface area contributed by atoms with Crippen LogP contribution in [-0.2, 0) is 9.53 Å². The van der Waals surface area contributed by atoms with E-state index in [0.717, 1.165) is 24.2 Å². The standard InChI is InChI=1S/C21H25FN2O3/c1-16-6-8-17(9-7-16)19(14-24-10-12-26-13-11-24)23-21(25)15-27-20-5-3-2-4-18(20)22/h2-9,19H,10-15H2,1H3,(H,23,25)/t19-/m1/s1. The van der Waals surface area contributed by atoms with Crippen LogP contribution in [0.15, 0.2) is 48.5 Å². The molecule has 0 saturated carbocycles. The maximum atomic E-state index is 13.6.